The first-order valence-electron chi connectivity index (χ1n) is 7.17. The largest absolute Gasteiger partial charge is 0.452 e. The molecule has 5 heteroatoms. The van der Waals surface area contributed by atoms with E-state index >= 15 is 0 Å². The third-order valence-corrected chi connectivity index (χ3v) is 3.95. The normalized spacial score (nSPS) is 24.4. The minimum Gasteiger partial charge on any atom is -0.452 e. The molecule has 0 saturated carbocycles. The second-order valence-electron chi connectivity index (χ2n) is 6.38. The highest BCUT2D eigenvalue weighted by molar-refractivity contribution is 5.96. The summed E-state index contributed by atoms with van der Waals surface area (Å²) < 4.78 is 5.41. The number of hydrogen-bond acceptors (Lipinski definition) is 5. The van der Waals surface area contributed by atoms with Crippen molar-refractivity contribution in [3.63, 3.8) is 0 Å². The van der Waals surface area contributed by atoms with E-state index < -0.39 is 23.6 Å². The predicted molar refractivity (Wildman–Crippen MR) is 83.2 cm³/mol. The zero-order valence-electron chi connectivity index (χ0n) is 13.0. The number of ether oxygens (including phenoxy) is 1. The lowest BCUT2D eigenvalue weighted by atomic mass is 9.80. The molecular formula is C17H21NO4. The standard InChI is InChI=1S/C17H21NO4/c1-10-7-14(15(20)17(2,3)9-13(10)19)22-16(21)11-5-4-6-12(18)8-11/h4-8,14-15,20H,9,18H2,1-3H3. The lowest BCUT2D eigenvalue weighted by Gasteiger charge is -2.32. The van der Waals surface area contributed by atoms with Crippen molar-refractivity contribution in [3.05, 3.63) is 41.5 Å². The molecule has 5 nitrogen and oxygen atoms in total. The Hall–Kier alpha value is -2.14. The lowest BCUT2D eigenvalue weighted by Crippen LogP contribution is -2.40. The fraction of sp³-hybridized carbons (Fsp3) is 0.412. The van der Waals surface area contributed by atoms with E-state index in [0.717, 1.165) is 0 Å². The summed E-state index contributed by atoms with van der Waals surface area (Å²) in [6.45, 7) is 5.23. The van der Waals surface area contributed by atoms with Crippen LogP contribution in [0, 0.1) is 5.41 Å². The predicted octanol–water partition coefficient (Wildman–Crippen LogP) is 2.10. The Labute approximate surface area is 129 Å². The van der Waals surface area contributed by atoms with Gasteiger partial charge >= 0.3 is 5.97 Å². The molecule has 2 atom stereocenters. The number of carbonyl (C=O) groups excluding carboxylic acids is 2. The molecule has 1 aliphatic carbocycles. The van der Waals surface area contributed by atoms with E-state index in [9.17, 15) is 14.7 Å². The maximum absolute atomic E-state index is 12.2. The second kappa shape index (κ2) is 5.93. The Balaban J connectivity index is 2.26. The van der Waals surface area contributed by atoms with Crippen molar-refractivity contribution >= 4 is 17.4 Å². The molecule has 0 fully saturated rings. The molecular weight excluding hydrogens is 282 g/mol. The van der Waals surface area contributed by atoms with Crippen LogP contribution in [-0.4, -0.2) is 29.1 Å². The number of aliphatic hydroxyl groups excluding tert-OH is 1. The fourth-order valence-electron chi connectivity index (χ4n) is 2.49. The van der Waals surface area contributed by atoms with Crippen LogP contribution in [0.15, 0.2) is 35.9 Å². The Morgan fingerprint density at radius 1 is 1.41 bits per heavy atom. The van der Waals surface area contributed by atoms with Crippen molar-refractivity contribution < 1.29 is 19.4 Å². The summed E-state index contributed by atoms with van der Waals surface area (Å²) in [6.07, 6.45) is -0.0938. The molecule has 0 aromatic heterocycles. The molecule has 0 spiro atoms. The summed E-state index contributed by atoms with van der Waals surface area (Å²) in [5.41, 5.74) is 6.24. The molecule has 22 heavy (non-hydrogen) atoms. The van der Waals surface area contributed by atoms with Gasteiger partial charge in [-0.25, -0.2) is 4.79 Å². The molecule has 0 aliphatic heterocycles. The molecule has 0 bridgehead atoms. The number of aliphatic hydroxyl groups is 1. The van der Waals surface area contributed by atoms with Crippen molar-refractivity contribution in [1.29, 1.82) is 0 Å². The van der Waals surface area contributed by atoms with Gasteiger partial charge in [0.15, 0.2) is 5.78 Å². The van der Waals surface area contributed by atoms with Gasteiger partial charge in [-0.1, -0.05) is 19.9 Å². The van der Waals surface area contributed by atoms with Crippen LogP contribution < -0.4 is 5.73 Å². The average molecular weight is 303 g/mol. The first-order chi connectivity index (χ1) is 10.2. The molecule has 3 N–H and O–H groups in total. The van der Waals surface area contributed by atoms with Gasteiger partial charge in [-0.05, 0) is 36.8 Å². The monoisotopic (exact) mass is 303 g/mol. The maximum Gasteiger partial charge on any atom is 0.338 e. The third-order valence-electron chi connectivity index (χ3n) is 3.95. The highest BCUT2D eigenvalue weighted by Crippen LogP contribution is 2.34. The molecule has 0 saturated heterocycles. The second-order valence-corrected chi connectivity index (χ2v) is 6.38. The third kappa shape index (κ3) is 3.36. The first kappa shape index (κ1) is 16.2. The molecule has 2 unspecified atom stereocenters. The molecule has 0 heterocycles. The smallest absolute Gasteiger partial charge is 0.338 e. The van der Waals surface area contributed by atoms with Gasteiger partial charge in [-0.2, -0.15) is 0 Å². The van der Waals surface area contributed by atoms with Gasteiger partial charge < -0.3 is 15.6 Å². The molecule has 1 aliphatic rings. The van der Waals surface area contributed by atoms with Crippen LogP contribution in [-0.2, 0) is 9.53 Å². The van der Waals surface area contributed by atoms with Crippen molar-refractivity contribution in [3.8, 4) is 0 Å². The van der Waals surface area contributed by atoms with E-state index in [2.05, 4.69) is 0 Å². The minimum atomic E-state index is -0.959. The van der Waals surface area contributed by atoms with E-state index in [1.165, 1.54) is 12.1 Å². The van der Waals surface area contributed by atoms with Gasteiger partial charge in [-0.15, -0.1) is 0 Å². The number of hydrogen-bond donors (Lipinski definition) is 2. The van der Waals surface area contributed by atoms with Crippen molar-refractivity contribution in [2.75, 3.05) is 5.73 Å². The lowest BCUT2D eigenvalue weighted by molar-refractivity contribution is -0.119. The van der Waals surface area contributed by atoms with Crippen LogP contribution in [0.5, 0.6) is 0 Å². The topological polar surface area (TPSA) is 89.6 Å². The van der Waals surface area contributed by atoms with E-state index in [0.29, 0.717) is 16.8 Å². The zero-order valence-corrected chi connectivity index (χ0v) is 13.0. The van der Waals surface area contributed by atoms with Crippen molar-refractivity contribution in [1.82, 2.24) is 0 Å². The summed E-state index contributed by atoms with van der Waals surface area (Å²) in [4.78, 5) is 24.2. The zero-order chi connectivity index (χ0) is 16.5. The number of esters is 1. The molecule has 1 aromatic carbocycles. The number of allylic oxidation sites excluding steroid dienone is 1. The number of anilines is 1. The fourth-order valence-corrected chi connectivity index (χ4v) is 2.49. The molecule has 0 amide bonds. The molecule has 0 radical (unpaired) electrons. The van der Waals surface area contributed by atoms with Crippen molar-refractivity contribution in [2.45, 2.75) is 39.4 Å². The van der Waals surface area contributed by atoms with E-state index in [4.69, 9.17) is 10.5 Å². The van der Waals surface area contributed by atoms with Crippen molar-refractivity contribution in [2.24, 2.45) is 5.41 Å². The Bertz CT molecular complexity index is 633. The number of rotatable bonds is 2. The Morgan fingerprint density at radius 3 is 2.73 bits per heavy atom. The van der Waals surface area contributed by atoms with Gasteiger partial charge in [0.2, 0.25) is 0 Å². The number of nitrogen functional groups attached to an aromatic ring is 1. The van der Waals surface area contributed by atoms with E-state index in [-0.39, 0.29) is 12.2 Å². The van der Waals surface area contributed by atoms with Crippen LogP contribution in [0.2, 0.25) is 0 Å². The maximum atomic E-state index is 12.2. The molecule has 118 valence electrons. The summed E-state index contributed by atoms with van der Waals surface area (Å²) in [6, 6.07) is 6.43. The summed E-state index contributed by atoms with van der Waals surface area (Å²) in [5, 5.41) is 10.5. The summed E-state index contributed by atoms with van der Waals surface area (Å²) in [7, 11) is 0. The summed E-state index contributed by atoms with van der Waals surface area (Å²) in [5.74, 6) is -0.628. The highest BCUT2D eigenvalue weighted by Gasteiger charge is 2.40. The van der Waals surface area contributed by atoms with E-state index in [1.54, 1.807) is 39.0 Å². The summed E-state index contributed by atoms with van der Waals surface area (Å²) >= 11 is 0. The number of nitrogens with two attached hydrogens (primary N) is 1. The SMILES string of the molecule is CC1=CC(OC(=O)c2cccc(N)c2)C(O)C(C)(C)CC1=O. The van der Waals surface area contributed by atoms with Gasteiger partial charge in [0.1, 0.15) is 12.2 Å². The molecule has 2 rings (SSSR count). The van der Waals surface area contributed by atoms with Gasteiger partial charge in [0.05, 0.1) is 5.56 Å². The Kier molecular flexibility index (Phi) is 4.37. The van der Waals surface area contributed by atoms with Gasteiger partial charge in [-0.3, -0.25) is 4.79 Å². The highest BCUT2D eigenvalue weighted by atomic mass is 16.6. The van der Waals surface area contributed by atoms with Crippen LogP contribution in [0.3, 0.4) is 0 Å². The quantitative estimate of drug-likeness (QED) is 0.645. The van der Waals surface area contributed by atoms with E-state index in [1.807, 2.05) is 0 Å². The number of carbonyl (C=O) groups is 2. The van der Waals surface area contributed by atoms with Crippen LogP contribution in [0.1, 0.15) is 37.6 Å². The Morgan fingerprint density at radius 2 is 2.09 bits per heavy atom. The minimum absolute atomic E-state index is 0.0495. The number of ketones is 1. The number of benzene rings is 1. The number of Topliss-reactive ketones (excluding diaryl/α,β-unsaturated/α-hetero) is 1. The van der Waals surface area contributed by atoms with Gasteiger partial charge in [0, 0.05) is 17.5 Å². The van der Waals surface area contributed by atoms with Crippen LogP contribution in [0.4, 0.5) is 5.69 Å². The first-order valence-corrected chi connectivity index (χ1v) is 7.17. The van der Waals surface area contributed by atoms with Crippen LogP contribution in [0.25, 0.3) is 0 Å². The van der Waals surface area contributed by atoms with Crippen LogP contribution >= 0.6 is 0 Å². The molecule has 1 aromatic rings. The van der Waals surface area contributed by atoms with Gasteiger partial charge in [0.25, 0.3) is 0 Å². The average Bonchev–Trinajstić information content (AvgIpc) is 2.50.